The second-order valence-electron chi connectivity index (χ2n) is 3.30. The Bertz CT molecular complexity index is 137. The van der Waals surface area contributed by atoms with Crippen LogP contribution in [0.3, 0.4) is 0 Å². The van der Waals surface area contributed by atoms with Crippen molar-refractivity contribution >= 4 is 0 Å². The molecule has 72 valence electrons. The van der Waals surface area contributed by atoms with E-state index in [9.17, 15) is 5.11 Å². The van der Waals surface area contributed by atoms with Crippen LogP contribution in [0.2, 0.25) is 0 Å². The van der Waals surface area contributed by atoms with Gasteiger partial charge >= 0.3 is 0 Å². The maximum Gasteiger partial charge on any atom is 0.184 e. The molecular formula is C8H16O4. The molecule has 0 radical (unpaired) electrons. The highest BCUT2D eigenvalue weighted by molar-refractivity contribution is 4.76. The quantitative estimate of drug-likeness (QED) is 0.629. The molecule has 12 heavy (non-hydrogen) atoms. The molecule has 0 saturated carbocycles. The van der Waals surface area contributed by atoms with E-state index in [-0.39, 0.29) is 18.8 Å². The minimum absolute atomic E-state index is 0.0297. The number of hydrogen-bond acceptors (Lipinski definition) is 4. The maximum atomic E-state index is 9.38. The molecule has 4 heteroatoms. The van der Waals surface area contributed by atoms with Gasteiger partial charge in [-0.15, -0.1) is 0 Å². The van der Waals surface area contributed by atoms with Crippen LogP contribution in [0, 0.1) is 0 Å². The van der Waals surface area contributed by atoms with Crippen molar-refractivity contribution in [3.05, 3.63) is 0 Å². The van der Waals surface area contributed by atoms with Gasteiger partial charge in [0, 0.05) is 6.42 Å². The van der Waals surface area contributed by atoms with E-state index < -0.39 is 12.4 Å². The summed E-state index contributed by atoms with van der Waals surface area (Å²) in [4.78, 5) is 0. The summed E-state index contributed by atoms with van der Waals surface area (Å²) in [6, 6.07) is 0. The first-order valence-corrected chi connectivity index (χ1v) is 4.23. The van der Waals surface area contributed by atoms with Gasteiger partial charge in [0.15, 0.2) is 6.29 Å². The molecule has 0 aromatic carbocycles. The molecule has 1 heterocycles. The molecule has 1 rings (SSSR count). The van der Waals surface area contributed by atoms with Crippen LogP contribution in [0.15, 0.2) is 0 Å². The van der Waals surface area contributed by atoms with E-state index in [0.717, 1.165) is 0 Å². The minimum atomic E-state index is -0.607. The summed E-state index contributed by atoms with van der Waals surface area (Å²) in [5.41, 5.74) is 0. The lowest BCUT2D eigenvalue weighted by Gasteiger charge is -2.17. The third kappa shape index (κ3) is 2.42. The molecule has 3 unspecified atom stereocenters. The second-order valence-corrected chi connectivity index (χ2v) is 3.30. The Morgan fingerprint density at radius 1 is 1.58 bits per heavy atom. The van der Waals surface area contributed by atoms with E-state index in [2.05, 4.69) is 0 Å². The van der Waals surface area contributed by atoms with Crippen molar-refractivity contribution in [2.75, 3.05) is 6.61 Å². The molecule has 3 atom stereocenters. The number of rotatable bonds is 3. The average molecular weight is 176 g/mol. The van der Waals surface area contributed by atoms with Crippen LogP contribution in [-0.2, 0) is 9.47 Å². The summed E-state index contributed by atoms with van der Waals surface area (Å²) in [5.74, 6) is 0. The number of hydrogen-bond donors (Lipinski definition) is 2. The molecule has 2 N–H and O–H groups in total. The number of aliphatic hydroxyl groups is 2. The van der Waals surface area contributed by atoms with Crippen molar-refractivity contribution in [1.29, 1.82) is 0 Å². The topological polar surface area (TPSA) is 58.9 Å². The summed E-state index contributed by atoms with van der Waals surface area (Å²) < 4.78 is 10.5. The average Bonchev–Trinajstić information content (AvgIpc) is 2.31. The van der Waals surface area contributed by atoms with Gasteiger partial charge in [0.1, 0.15) is 6.10 Å². The van der Waals surface area contributed by atoms with Gasteiger partial charge in [-0.25, -0.2) is 0 Å². The lowest BCUT2D eigenvalue weighted by molar-refractivity contribution is -0.186. The van der Waals surface area contributed by atoms with E-state index in [0.29, 0.717) is 6.42 Å². The van der Waals surface area contributed by atoms with Crippen molar-refractivity contribution in [3.63, 3.8) is 0 Å². The third-order valence-electron chi connectivity index (χ3n) is 1.76. The van der Waals surface area contributed by atoms with Gasteiger partial charge in [-0.05, 0) is 13.8 Å². The predicted molar refractivity (Wildman–Crippen MR) is 42.6 cm³/mol. The molecule has 1 saturated heterocycles. The monoisotopic (exact) mass is 176 g/mol. The van der Waals surface area contributed by atoms with Gasteiger partial charge in [-0.2, -0.15) is 0 Å². The molecule has 1 fully saturated rings. The summed E-state index contributed by atoms with van der Waals surface area (Å²) in [6.07, 6.45) is -0.967. The Balaban J connectivity index is 2.35. The number of ether oxygens (including phenoxy) is 2. The smallest absolute Gasteiger partial charge is 0.184 e. The number of aliphatic hydroxyl groups excluding tert-OH is 2. The largest absolute Gasteiger partial charge is 0.394 e. The summed E-state index contributed by atoms with van der Waals surface area (Å²) in [5, 5.41) is 18.1. The molecule has 1 aliphatic rings. The first kappa shape index (κ1) is 9.92. The second kappa shape index (κ2) is 4.18. The van der Waals surface area contributed by atoms with E-state index in [1.54, 1.807) is 0 Å². The Hall–Kier alpha value is -0.160. The highest BCUT2D eigenvalue weighted by Gasteiger charge is 2.34. The van der Waals surface area contributed by atoms with Crippen LogP contribution < -0.4 is 0 Å². The van der Waals surface area contributed by atoms with Gasteiger partial charge in [0.05, 0.1) is 18.8 Å². The normalized spacial score (nSPS) is 36.2. The Morgan fingerprint density at radius 3 is 2.67 bits per heavy atom. The van der Waals surface area contributed by atoms with Crippen molar-refractivity contribution in [2.24, 2.45) is 0 Å². The van der Waals surface area contributed by atoms with Gasteiger partial charge in [0.2, 0.25) is 0 Å². The fourth-order valence-corrected chi connectivity index (χ4v) is 1.22. The lowest BCUT2D eigenvalue weighted by Crippen LogP contribution is -2.27. The van der Waals surface area contributed by atoms with Crippen molar-refractivity contribution < 1.29 is 19.7 Å². The molecule has 0 amide bonds. The van der Waals surface area contributed by atoms with Crippen LogP contribution >= 0.6 is 0 Å². The first-order chi connectivity index (χ1) is 5.63. The molecule has 0 aromatic heterocycles. The zero-order valence-electron chi connectivity index (χ0n) is 7.43. The van der Waals surface area contributed by atoms with Crippen molar-refractivity contribution in [3.8, 4) is 0 Å². The molecule has 0 aliphatic carbocycles. The van der Waals surface area contributed by atoms with Crippen LogP contribution in [-0.4, -0.2) is 41.4 Å². The van der Waals surface area contributed by atoms with Gasteiger partial charge in [0.25, 0.3) is 0 Å². The van der Waals surface area contributed by atoms with Crippen LogP contribution in [0.5, 0.6) is 0 Å². The van der Waals surface area contributed by atoms with E-state index >= 15 is 0 Å². The van der Waals surface area contributed by atoms with Crippen LogP contribution in [0.4, 0.5) is 0 Å². The van der Waals surface area contributed by atoms with Crippen LogP contribution in [0.1, 0.15) is 20.3 Å². The minimum Gasteiger partial charge on any atom is -0.394 e. The van der Waals surface area contributed by atoms with Crippen molar-refractivity contribution in [1.82, 2.24) is 0 Å². The van der Waals surface area contributed by atoms with Gasteiger partial charge in [-0.1, -0.05) is 0 Å². The summed E-state index contributed by atoms with van der Waals surface area (Å²) in [6.45, 7) is 3.69. The fraction of sp³-hybridized carbons (Fsp3) is 1.00. The zero-order chi connectivity index (χ0) is 9.14. The molecule has 4 nitrogen and oxygen atoms in total. The Kier molecular flexibility index (Phi) is 3.46. The first-order valence-electron chi connectivity index (χ1n) is 4.23. The Morgan fingerprint density at radius 2 is 2.25 bits per heavy atom. The lowest BCUT2D eigenvalue weighted by atomic mass is 10.2. The molecule has 1 aliphatic heterocycles. The zero-order valence-corrected chi connectivity index (χ0v) is 7.43. The fourth-order valence-electron chi connectivity index (χ4n) is 1.22. The maximum absolute atomic E-state index is 9.38. The molecule has 0 aromatic rings. The van der Waals surface area contributed by atoms with Gasteiger partial charge < -0.3 is 19.7 Å². The van der Waals surface area contributed by atoms with Crippen LogP contribution in [0.25, 0.3) is 0 Å². The third-order valence-corrected chi connectivity index (χ3v) is 1.76. The van der Waals surface area contributed by atoms with E-state index in [4.69, 9.17) is 14.6 Å². The standard InChI is InChI=1S/C8H16O4/c1-5(2)11-8-7(10)3-6(4-9)12-8/h5-10H,3-4H2,1-2H3. The summed E-state index contributed by atoms with van der Waals surface area (Å²) >= 11 is 0. The molecule has 0 bridgehead atoms. The Labute approximate surface area is 72.1 Å². The highest BCUT2D eigenvalue weighted by atomic mass is 16.7. The molecule has 0 spiro atoms. The van der Waals surface area contributed by atoms with E-state index in [1.165, 1.54) is 0 Å². The van der Waals surface area contributed by atoms with Gasteiger partial charge in [-0.3, -0.25) is 0 Å². The summed E-state index contributed by atoms with van der Waals surface area (Å²) in [7, 11) is 0. The van der Waals surface area contributed by atoms with Crippen molar-refractivity contribution in [2.45, 2.75) is 44.9 Å². The highest BCUT2D eigenvalue weighted by Crippen LogP contribution is 2.21. The SMILES string of the molecule is CC(C)OC1OC(CO)CC1O. The van der Waals surface area contributed by atoms with E-state index in [1.807, 2.05) is 13.8 Å². The predicted octanol–water partition coefficient (Wildman–Crippen LogP) is -0.120. The molecular weight excluding hydrogens is 160 g/mol.